The van der Waals surface area contributed by atoms with E-state index in [9.17, 15) is 20.2 Å². The predicted molar refractivity (Wildman–Crippen MR) is 149 cm³/mol. The van der Waals surface area contributed by atoms with Crippen LogP contribution < -0.4 is 14.8 Å². The number of nitrogens with zero attached hydrogens (tertiary/aromatic N) is 2. The van der Waals surface area contributed by atoms with Gasteiger partial charge in [0.1, 0.15) is 29.7 Å². The summed E-state index contributed by atoms with van der Waals surface area (Å²) in [6, 6.07) is 18.8. The summed E-state index contributed by atoms with van der Waals surface area (Å²) in [5, 5.41) is 23.3. The topological polar surface area (TPSA) is 114 Å². The van der Waals surface area contributed by atoms with Crippen molar-refractivity contribution in [1.29, 1.82) is 5.26 Å². The Morgan fingerprint density at radius 3 is 2.49 bits per heavy atom. The molecule has 0 aliphatic rings. The highest BCUT2D eigenvalue weighted by Gasteiger charge is 2.14. The van der Waals surface area contributed by atoms with Crippen LogP contribution in [-0.2, 0) is 11.4 Å². The van der Waals surface area contributed by atoms with E-state index in [2.05, 4.69) is 50.5 Å². The van der Waals surface area contributed by atoms with Crippen molar-refractivity contribution >= 4 is 68.5 Å². The number of non-ortho nitro benzene ring substituents is 1. The monoisotopic (exact) mass is 695 g/mol. The minimum absolute atomic E-state index is 0.00269. The fourth-order valence-electron chi connectivity index (χ4n) is 3.06. The second kappa shape index (κ2) is 12.5. The number of nitrogens with one attached hydrogen (secondary N) is 1. The van der Waals surface area contributed by atoms with Crippen LogP contribution in [0.1, 0.15) is 18.1 Å². The lowest BCUT2D eigenvalue weighted by molar-refractivity contribution is -0.384. The number of rotatable bonds is 9. The third-order valence-corrected chi connectivity index (χ3v) is 6.21. The molecule has 0 fully saturated rings. The summed E-state index contributed by atoms with van der Waals surface area (Å²) in [5.41, 5.74) is 1.81. The Morgan fingerprint density at radius 2 is 1.83 bits per heavy atom. The van der Waals surface area contributed by atoms with Gasteiger partial charge in [-0.25, -0.2) is 0 Å². The van der Waals surface area contributed by atoms with Gasteiger partial charge in [0.2, 0.25) is 0 Å². The minimum atomic E-state index is -0.530. The first-order valence-corrected chi connectivity index (χ1v) is 12.5. The van der Waals surface area contributed by atoms with Gasteiger partial charge in [-0.1, -0.05) is 18.2 Å². The van der Waals surface area contributed by atoms with Crippen molar-refractivity contribution in [2.24, 2.45) is 0 Å². The van der Waals surface area contributed by atoms with Gasteiger partial charge < -0.3 is 14.8 Å². The predicted octanol–water partition coefficient (Wildman–Crippen LogP) is 6.33. The average molecular weight is 695 g/mol. The van der Waals surface area contributed by atoms with Gasteiger partial charge in [0, 0.05) is 23.9 Å². The standard InChI is InChI=1S/C25H19I2N3O5/c1-2-34-21-8-4-6-19(13-21)29-25(31)18(14-28)9-17-11-22(26)24(23(27)12-17)35-15-16-5-3-7-20(10-16)30(32)33/h3-13H,2,15H2,1H3,(H,29,31)/b18-9-. The molecule has 0 radical (unpaired) electrons. The highest BCUT2D eigenvalue weighted by molar-refractivity contribution is 14.1. The zero-order valence-corrected chi connectivity index (χ0v) is 22.8. The molecule has 0 saturated heterocycles. The molecule has 8 nitrogen and oxygen atoms in total. The van der Waals surface area contributed by atoms with E-state index >= 15 is 0 Å². The molecule has 3 aromatic rings. The number of amides is 1. The van der Waals surface area contributed by atoms with Crippen LogP contribution in [0.3, 0.4) is 0 Å². The molecule has 0 saturated carbocycles. The van der Waals surface area contributed by atoms with E-state index in [1.165, 1.54) is 18.2 Å². The molecule has 10 heteroatoms. The lowest BCUT2D eigenvalue weighted by Crippen LogP contribution is -2.13. The minimum Gasteiger partial charge on any atom is -0.494 e. The first-order valence-electron chi connectivity index (χ1n) is 10.3. The van der Waals surface area contributed by atoms with Gasteiger partial charge in [-0.05, 0) is 93.6 Å². The summed E-state index contributed by atoms with van der Waals surface area (Å²) in [7, 11) is 0. The normalized spacial score (nSPS) is 10.9. The Bertz CT molecular complexity index is 1310. The third kappa shape index (κ3) is 7.40. The first-order chi connectivity index (χ1) is 16.8. The number of hydrogen-bond donors (Lipinski definition) is 1. The van der Waals surface area contributed by atoms with Crippen molar-refractivity contribution in [2.45, 2.75) is 13.5 Å². The van der Waals surface area contributed by atoms with Crippen molar-refractivity contribution in [3.05, 3.63) is 94.6 Å². The van der Waals surface area contributed by atoms with Crippen LogP contribution in [0.5, 0.6) is 11.5 Å². The van der Waals surface area contributed by atoms with Crippen LogP contribution >= 0.6 is 45.2 Å². The number of benzene rings is 3. The first kappa shape index (κ1) is 26.4. The highest BCUT2D eigenvalue weighted by atomic mass is 127. The number of nitro groups is 1. The molecular formula is C25H19I2N3O5. The Kier molecular flexibility index (Phi) is 9.44. The van der Waals surface area contributed by atoms with Crippen molar-refractivity contribution in [3.63, 3.8) is 0 Å². The maximum Gasteiger partial charge on any atom is 0.269 e. The van der Waals surface area contributed by atoms with E-state index in [4.69, 9.17) is 9.47 Å². The molecule has 1 N–H and O–H groups in total. The number of anilines is 1. The summed E-state index contributed by atoms with van der Waals surface area (Å²) in [6.07, 6.45) is 1.51. The largest absolute Gasteiger partial charge is 0.494 e. The van der Waals surface area contributed by atoms with E-state index in [0.29, 0.717) is 34.9 Å². The summed E-state index contributed by atoms with van der Waals surface area (Å²) in [5.74, 6) is 0.709. The van der Waals surface area contributed by atoms with Crippen LogP contribution in [0.15, 0.2) is 66.2 Å². The van der Waals surface area contributed by atoms with Gasteiger partial charge in [-0.2, -0.15) is 5.26 Å². The molecule has 178 valence electrons. The second-order valence-corrected chi connectivity index (χ2v) is 9.44. The number of carbonyl (C=O) groups excluding carboxylic acids is 1. The Morgan fingerprint density at radius 1 is 1.11 bits per heavy atom. The maximum absolute atomic E-state index is 12.7. The molecule has 0 atom stereocenters. The molecule has 0 spiro atoms. The molecular weight excluding hydrogens is 676 g/mol. The van der Waals surface area contributed by atoms with E-state index in [0.717, 1.165) is 7.14 Å². The van der Waals surface area contributed by atoms with E-state index < -0.39 is 10.8 Å². The van der Waals surface area contributed by atoms with Crippen LogP contribution in [0, 0.1) is 28.6 Å². The summed E-state index contributed by atoms with van der Waals surface area (Å²) in [4.78, 5) is 23.2. The van der Waals surface area contributed by atoms with Gasteiger partial charge in [0.15, 0.2) is 0 Å². The SMILES string of the molecule is CCOc1cccc(NC(=O)/C(C#N)=C\c2cc(I)c(OCc3cccc([N+](=O)[O-])c3)c(I)c2)c1. The summed E-state index contributed by atoms with van der Waals surface area (Å²) in [6.45, 7) is 2.53. The van der Waals surface area contributed by atoms with Crippen molar-refractivity contribution in [1.82, 2.24) is 0 Å². The van der Waals surface area contributed by atoms with Crippen molar-refractivity contribution in [2.75, 3.05) is 11.9 Å². The summed E-state index contributed by atoms with van der Waals surface area (Å²) < 4.78 is 12.9. The summed E-state index contributed by atoms with van der Waals surface area (Å²) >= 11 is 4.23. The van der Waals surface area contributed by atoms with Gasteiger partial charge in [0.05, 0.1) is 18.7 Å². The smallest absolute Gasteiger partial charge is 0.269 e. The zero-order chi connectivity index (χ0) is 25.4. The number of halogens is 2. The van der Waals surface area contributed by atoms with Crippen molar-refractivity contribution in [3.8, 4) is 17.6 Å². The van der Waals surface area contributed by atoms with Crippen molar-refractivity contribution < 1.29 is 19.2 Å². The van der Waals surface area contributed by atoms with Crippen LogP contribution in [0.25, 0.3) is 6.08 Å². The molecule has 35 heavy (non-hydrogen) atoms. The molecule has 3 aromatic carbocycles. The third-order valence-electron chi connectivity index (χ3n) is 4.60. The Labute approximate surface area is 229 Å². The molecule has 0 aliphatic carbocycles. The molecule has 0 aromatic heterocycles. The molecule has 1 amide bonds. The number of nitriles is 1. The lowest BCUT2D eigenvalue weighted by atomic mass is 10.1. The van der Waals surface area contributed by atoms with Gasteiger partial charge in [0.25, 0.3) is 11.6 Å². The number of carbonyl (C=O) groups is 1. The van der Waals surface area contributed by atoms with E-state index in [1.807, 2.05) is 13.0 Å². The number of nitro benzene ring substituents is 1. The van der Waals surface area contributed by atoms with Crippen LogP contribution in [0.2, 0.25) is 0 Å². The fraction of sp³-hybridized carbons (Fsp3) is 0.120. The fourth-order valence-corrected chi connectivity index (χ4v) is 5.19. The number of ether oxygens (including phenoxy) is 2. The Hall–Kier alpha value is -3.18. The Balaban J connectivity index is 1.75. The second-order valence-electron chi connectivity index (χ2n) is 7.11. The van der Waals surface area contributed by atoms with Gasteiger partial charge >= 0.3 is 0 Å². The quantitative estimate of drug-likeness (QED) is 0.0921. The average Bonchev–Trinajstić information content (AvgIpc) is 2.82. The number of hydrogen-bond acceptors (Lipinski definition) is 6. The van der Waals surface area contributed by atoms with Gasteiger partial charge in [-0.3, -0.25) is 14.9 Å². The maximum atomic E-state index is 12.7. The van der Waals surface area contributed by atoms with E-state index in [-0.39, 0.29) is 17.9 Å². The van der Waals surface area contributed by atoms with Crippen LogP contribution in [-0.4, -0.2) is 17.4 Å². The lowest BCUT2D eigenvalue weighted by Gasteiger charge is -2.12. The molecule has 0 bridgehead atoms. The molecule has 0 aliphatic heterocycles. The molecule has 0 unspecified atom stereocenters. The van der Waals surface area contributed by atoms with E-state index in [1.54, 1.807) is 48.5 Å². The molecule has 0 heterocycles. The van der Waals surface area contributed by atoms with Gasteiger partial charge in [-0.15, -0.1) is 0 Å². The highest BCUT2D eigenvalue weighted by Crippen LogP contribution is 2.31. The van der Waals surface area contributed by atoms with Crippen LogP contribution in [0.4, 0.5) is 11.4 Å². The zero-order valence-electron chi connectivity index (χ0n) is 18.5. The molecule has 3 rings (SSSR count).